The third-order valence-electron chi connectivity index (χ3n) is 5.30. The second kappa shape index (κ2) is 9.42. The van der Waals surface area contributed by atoms with Gasteiger partial charge in [-0.15, -0.1) is 0 Å². The van der Waals surface area contributed by atoms with Gasteiger partial charge in [0.25, 0.3) is 0 Å². The van der Waals surface area contributed by atoms with Gasteiger partial charge in [-0.25, -0.2) is 0 Å². The standard InChI is InChI=1S/C20H33N3O2S/c1-7-21-20(26)22-18(13(3)4)19-15-12-17(25-6)16(24-5)11-14(15)9-10-23(19)8-2/h11-13,18-19H,7-10H2,1-6H3,(H2,21,22,26)/p+1/t18-,19-/m0/s1. The van der Waals surface area contributed by atoms with Crippen LogP contribution in [0, 0.1) is 5.92 Å². The first-order chi connectivity index (χ1) is 12.5. The summed E-state index contributed by atoms with van der Waals surface area (Å²) in [5.74, 6) is 2.05. The Bertz CT molecular complexity index is 621. The van der Waals surface area contributed by atoms with E-state index in [1.807, 2.05) is 0 Å². The molecule has 26 heavy (non-hydrogen) atoms. The molecule has 0 bridgehead atoms. The molecule has 0 aliphatic carbocycles. The molecule has 2 rings (SSSR count). The summed E-state index contributed by atoms with van der Waals surface area (Å²) in [4.78, 5) is 1.58. The molecule has 3 atom stereocenters. The largest absolute Gasteiger partial charge is 0.493 e. The normalized spacial score (nSPS) is 20.3. The number of thiocarbonyl (C=S) groups is 1. The van der Waals surface area contributed by atoms with Crippen molar-refractivity contribution in [2.24, 2.45) is 5.92 Å². The van der Waals surface area contributed by atoms with Gasteiger partial charge in [0.15, 0.2) is 16.6 Å². The quantitative estimate of drug-likeness (QED) is 0.629. The molecule has 1 unspecified atom stereocenters. The van der Waals surface area contributed by atoms with E-state index in [1.54, 1.807) is 19.1 Å². The lowest BCUT2D eigenvalue weighted by Crippen LogP contribution is -3.14. The first kappa shape index (κ1) is 20.8. The maximum Gasteiger partial charge on any atom is 0.166 e. The minimum atomic E-state index is 0.244. The fourth-order valence-corrected chi connectivity index (χ4v) is 4.24. The summed E-state index contributed by atoms with van der Waals surface area (Å²) in [7, 11) is 3.40. The number of likely N-dealkylation sites (N-methyl/N-ethyl adjacent to an activating group) is 1. The Kier molecular flexibility index (Phi) is 7.53. The van der Waals surface area contributed by atoms with Crippen LogP contribution < -0.4 is 25.0 Å². The summed E-state index contributed by atoms with van der Waals surface area (Å²) < 4.78 is 11.1. The second-order valence-corrected chi connectivity index (χ2v) is 7.58. The van der Waals surface area contributed by atoms with Crippen LogP contribution in [0.2, 0.25) is 0 Å². The number of methoxy groups -OCH3 is 2. The predicted molar refractivity (Wildman–Crippen MR) is 110 cm³/mol. The molecule has 1 aliphatic heterocycles. The number of hydrogen-bond donors (Lipinski definition) is 3. The van der Waals surface area contributed by atoms with Crippen LogP contribution in [0.5, 0.6) is 11.5 Å². The van der Waals surface area contributed by atoms with E-state index in [0.29, 0.717) is 12.0 Å². The minimum absolute atomic E-state index is 0.244. The van der Waals surface area contributed by atoms with Crippen molar-refractivity contribution < 1.29 is 14.4 Å². The van der Waals surface area contributed by atoms with E-state index in [9.17, 15) is 0 Å². The molecule has 0 aromatic heterocycles. The SMILES string of the molecule is CCNC(=S)N[C@@H](C(C)C)[C@@H]1c2cc(OC)c(OC)cc2CC[NH+]1CC. The lowest BCUT2D eigenvalue weighted by Gasteiger charge is -2.40. The van der Waals surface area contributed by atoms with E-state index in [0.717, 1.165) is 42.7 Å². The highest BCUT2D eigenvalue weighted by molar-refractivity contribution is 7.80. The molecule has 1 aliphatic rings. The van der Waals surface area contributed by atoms with E-state index < -0.39 is 0 Å². The molecule has 6 heteroatoms. The molecule has 0 spiro atoms. The monoisotopic (exact) mass is 380 g/mol. The molecule has 0 radical (unpaired) electrons. The van der Waals surface area contributed by atoms with Crippen molar-refractivity contribution in [1.29, 1.82) is 0 Å². The Balaban J connectivity index is 2.48. The van der Waals surface area contributed by atoms with Crippen LogP contribution in [0.1, 0.15) is 44.9 Å². The molecule has 1 aromatic carbocycles. The van der Waals surface area contributed by atoms with Crippen molar-refractivity contribution in [3.63, 3.8) is 0 Å². The zero-order valence-corrected chi connectivity index (χ0v) is 17.8. The molecule has 1 heterocycles. The van der Waals surface area contributed by atoms with Gasteiger partial charge in [0.1, 0.15) is 6.04 Å². The molecule has 0 amide bonds. The van der Waals surface area contributed by atoms with Crippen molar-refractivity contribution in [1.82, 2.24) is 10.6 Å². The maximum atomic E-state index is 5.59. The van der Waals surface area contributed by atoms with E-state index in [2.05, 4.69) is 50.5 Å². The second-order valence-electron chi connectivity index (χ2n) is 7.17. The highest BCUT2D eigenvalue weighted by Crippen LogP contribution is 2.35. The Hall–Kier alpha value is -1.53. The number of rotatable bonds is 7. The van der Waals surface area contributed by atoms with Crippen LogP contribution in [0.25, 0.3) is 0 Å². The van der Waals surface area contributed by atoms with Gasteiger partial charge in [-0.2, -0.15) is 0 Å². The first-order valence-corrected chi connectivity index (χ1v) is 10.0. The van der Waals surface area contributed by atoms with Crippen molar-refractivity contribution in [3.8, 4) is 11.5 Å². The summed E-state index contributed by atoms with van der Waals surface area (Å²) >= 11 is 5.50. The number of quaternary nitrogens is 1. The molecular formula is C20H34N3O2S+. The third kappa shape index (κ3) is 4.41. The van der Waals surface area contributed by atoms with Gasteiger partial charge in [0, 0.05) is 18.5 Å². The lowest BCUT2D eigenvalue weighted by molar-refractivity contribution is -0.934. The van der Waals surface area contributed by atoms with Gasteiger partial charge in [0.05, 0.1) is 33.4 Å². The molecule has 0 saturated carbocycles. The van der Waals surface area contributed by atoms with E-state index in [-0.39, 0.29) is 6.04 Å². The highest BCUT2D eigenvalue weighted by atomic mass is 32.1. The average Bonchev–Trinajstić information content (AvgIpc) is 2.64. The van der Waals surface area contributed by atoms with Crippen molar-refractivity contribution in [2.75, 3.05) is 33.9 Å². The summed E-state index contributed by atoms with van der Waals surface area (Å²) in [5.41, 5.74) is 2.70. The minimum Gasteiger partial charge on any atom is -0.493 e. The Morgan fingerprint density at radius 3 is 2.42 bits per heavy atom. The zero-order valence-electron chi connectivity index (χ0n) is 16.9. The average molecular weight is 381 g/mol. The smallest absolute Gasteiger partial charge is 0.166 e. The van der Waals surface area contributed by atoms with E-state index in [4.69, 9.17) is 21.7 Å². The molecule has 146 valence electrons. The van der Waals surface area contributed by atoms with Crippen molar-refractivity contribution >= 4 is 17.3 Å². The van der Waals surface area contributed by atoms with Crippen LogP contribution in [-0.2, 0) is 6.42 Å². The molecule has 5 nitrogen and oxygen atoms in total. The van der Waals surface area contributed by atoms with Gasteiger partial charge >= 0.3 is 0 Å². The topological polar surface area (TPSA) is 47.0 Å². The Morgan fingerprint density at radius 1 is 1.23 bits per heavy atom. The highest BCUT2D eigenvalue weighted by Gasteiger charge is 2.39. The van der Waals surface area contributed by atoms with E-state index in [1.165, 1.54) is 11.1 Å². The van der Waals surface area contributed by atoms with Gasteiger partial charge < -0.3 is 25.0 Å². The number of ether oxygens (including phenoxy) is 2. The maximum absolute atomic E-state index is 5.59. The lowest BCUT2D eigenvalue weighted by atomic mass is 9.83. The number of benzene rings is 1. The van der Waals surface area contributed by atoms with Gasteiger partial charge in [-0.1, -0.05) is 13.8 Å². The molecule has 3 N–H and O–H groups in total. The van der Waals surface area contributed by atoms with Crippen LogP contribution in [-0.4, -0.2) is 45.0 Å². The summed E-state index contributed by atoms with van der Waals surface area (Å²) in [5, 5.41) is 7.55. The van der Waals surface area contributed by atoms with Gasteiger partial charge in [-0.05, 0) is 49.7 Å². The van der Waals surface area contributed by atoms with Gasteiger partial charge in [-0.3, -0.25) is 0 Å². The Morgan fingerprint density at radius 2 is 1.88 bits per heavy atom. The van der Waals surface area contributed by atoms with E-state index >= 15 is 0 Å². The molecule has 1 aromatic rings. The van der Waals surface area contributed by atoms with Crippen LogP contribution in [0.4, 0.5) is 0 Å². The first-order valence-electron chi connectivity index (χ1n) is 9.60. The predicted octanol–water partition coefficient (Wildman–Crippen LogP) is 1.71. The Labute approximate surface area is 163 Å². The van der Waals surface area contributed by atoms with Crippen molar-refractivity contribution in [3.05, 3.63) is 23.3 Å². The number of fused-ring (bicyclic) bond motifs is 1. The molecule has 0 saturated heterocycles. The summed E-state index contributed by atoms with van der Waals surface area (Å²) in [6.07, 6.45) is 1.05. The van der Waals surface area contributed by atoms with Gasteiger partial charge in [0.2, 0.25) is 0 Å². The molecular weight excluding hydrogens is 346 g/mol. The van der Waals surface area contributed by atoms with Crippen LogP contribution in [0.15, 0.2) is 12.1 Å². The summed E-state index contributed by atoms with van der Waals surface area (Å²) in [6.45, 7) is 11.9. The van der Waals surface area contributed by atoms with Crippen LogP contribution >= 0.6 is 12.2 Å². The van der Waals surface area contributed by atoms with Crippen molar-refractivity contribution in [2.45, 2.75) is 46.2 Å². The number of nitrogens with one attached hydrogen (secondary N) is 3. The van der Waals surface area contributed by atoms with Crippen LogP contribution in [0.3, 0.4) is 0 Å². The fraction of sp³-hybridized carbons (Fsp3) is 0.650. The zero-order chi connectivity index (χ0) is 19.3. The fourth-order valence-electron chi connectivity index (χ4n) is 3.96. The third-order valence-corrected chi connectivity index (χ3v) is 5.56. The molecule has 0 fully saturated rings. The summed E-state index contributed by atoms with van der Waals surface area (Å²) in [6, 6.07) is 4.88. The number of hydrogen-bond acceptors (Lipinski definition) is 3.